The van der Waals surface area contributed by atoms with Crippen LogP contribution in [0.4, 0.5) is 13.2 Å². The van der Waals surface area contributed by atoms with E-state index in [2.05, 4.69) is 4.98 Å². The number of thiazole rings is 1. The summed E-state index contributed by atoms with van der Waals surface area (Å²) < 4.78 is 36.6. The minimum Gasteiger partial charge on any atom is -0.293 e. The Balaban J connectivity index is 2.17. The van der Waals surface area contributed by atoms with E-state index in [1.165, 1.54) is 0 Å². The highest BCUT2D eigenvalue weighted by Gasteiger charge is 2.41. The minimum absolute atomic E-state index is 0.0912. The maximum Gasteiger partial charge on any atom is 0.443 e. The van der Waals surface area contributed by atoms with Crippen LogP contribution in [0, 0.1) is 11.8 Å². The number of aromatic nitrogens is 1. The van der Waals surface area contributed by atoms with E-state index < -0.39 is 11.2 Å². The Morgan fingerprint density at radius 2 is 2.20 bits per heavy atom. The zero-order chi connectivity index (χ0) is 11.2. The van der Waals surface area contributed by atoms with Gasteiger partial charge < -0.3 is 0 Å². The first-order valence-corrected chi connectivity index (χ1v) is 5.28. The number of ketones is 1. The molecule has 6 heteroatoms. The van der Waals surface area contributed by atoms with E-state index in [0.29, 0.717) is 17.3 Å². The molecule has 1 aromatic rings. The van der Waals surface area contributed by atoms with Crippen LogP contribution in [0.5, 0.6) is 0 Å². The van der Waals surface area contributed by atoms with Crippen molar-refractivity contribution in [3.8, 4) is 0 Å². The summed E-state index contributed by atoms with van der Waals surface area (Å²) in [5, 5.41) is -0.945. The number of carbonyl (C=O) groups is 1. The van der Waals surface area contributed by atoms with Gasteiger partial charge in [-0.1, -0.05) is 6.92 Å². The third-order valence-corrected chi connectivity index (χ3v) is 3.49. The van der Waals surface area contributed by atoms with Gasteiger partial charge in [0.25, 0.3) is 0 Å². The van der Waals surface area contributed by atoms with Crippen molar-refractivity contribution in [3.05, 3.63) is 16.1 Å². The van der Waals surface area contributed by atoms with E-state index in [-0.39, 0.29) is 16.6 Å². The molecular weight excluding hydrogens is 227 g/mol. The van der Waals surface area contributed by atoms with Crippen molar-refractivity contribution < 1.29 is 18.0 Å². The molecule has 2 unspecified atom stereocenters. The second kappa shape index (κ2) is 3.30. The standard InChI is InChI=1S/C9H8F3NOS/c1-4-2-5(4)7(14)6-3-13-8(15-6)9(10,11)12/h3-5H,2H2,1H3. The second-order valence-corrected chi connectivity index (χ2v) is 4.74. The van der Waals surface area contributed by atoms with Crippen molar-refractivity contribution in [2.75, 3.05) is 0 Å². The molecule has 0 aliphatic heterocycles. The van der Waals surface area contributed by atoms with Gasteiger partial charge in [0.1, 0.15) is 0 Å². The molecule has 82 valence electrons. The summed E-state index contributed by atoms with van der Waals surface area (Å²) >= 11 is 0.433. The van der Waals surface area contributed by atoms with Gasteiger partial charge in [0.05, 0.1) is 4.88 Å². The number of hydrogen-bond acceptors (Lipinski definition) is 3. The van der Waals surface area contributed by atoms with E-state index >= 15 is 0 Å². The average molecular weight is 235 g/mol. The molecule has 0 radical (unpaired) electrons. The highest BCUT2D eigenvalue weighted by atomic mass is 32.1. The number of nitrogens with zero attached hydrogens (tertiary/aromatic N) is 1. The minimum atomic E-state index is -4.45. The SMILES string of the molecule is CC1CC1C(=O)c1cnc(C(F)(F)F)s1. The fraction of sp³-hybridized carbons (Fsp3) is 0.556. The van der Waals surface area contributed by atoms with Gasteiger partial charge in [-0.2, -0.15) is 13.2 Å². The number of hydrogen-bond donors (Lipinski definition) is 0. The number of alkyl halides is 3. The first kappa shape index (κ1) is 10.6. The Morgan fingerprint density at radius 1 is 1.60 bits per heavy atom. The Morgan fingerprint density at radius 3 is 2.60 bits per heavy atom. The monoisotopic (exact) mass is 235 g/mol. The highest BCUT2D eigenvalue weighted by Crippen LogP contribution is 2.42. The van der Waals surface area contributed by atoms with Crippen LogP contribution < -0.4 is 0 Å². The summed E-state index contributed by atoms with van der Waals surface area (Å²) in [5.41, 5.74) is 0. The van der Waals surface area contributed by atoms with Crippen LogP contribution in [0.2, 0.25) is 0 Å². The van der Waals surface area contributed by atoms with Gasteiger partial charge in [0, 0.05) is 12.1 Å². The van der Waals surface area contributed by atoms with E-state index in [1.54, 1.807) is 0 Å². The highest BCUT2D eigenvalue weighted by molar-refractivity contribution is 7.13. The fourth-order valence-electron chi connectivity index (χ4n) is 1.39. The Hall–Kier alpha value is -0.910. The first-order valence-electron chi connectivity index (χ1n) is 4.47. The first-order chi connectivity index (χ1) is 6.89. The molecule has 0 saturated heterocycles. The summed E-state index contributed by atoms with van der Waals surface area (Å²) in [6, 6.07) is 0. The molecule has 0 spiro atoms. The Kier molecular flexibility index (Phi) is 2.33. The van der Waals surface area contributed by atoms with Gasteiger partial charge in [-0.25, -0.2) is 4.98 Å². The predicted molar refractivity (Wildman–Crippen MR) is 48.7 cm³/mol. The maximum atomic E-state index is 12.2. The lowest BCUT2D eigenvalue weighted by Crippen LogP contribution is -2.03. The van der Waals surface area contributed by atoms with Crippen LogP contribution in [0.1, 0.15) is 28.0 Å². The largest absolute Gasteiger partial charge is 0.443 e. The Bertz CT molecular complexity index is 398. The van der Waals surface area contributed by atoms with Gasteiger partial charge >= 0.3 is 6.18 Å². The van der Waals surface area contributed by atoms with Gasteiger partial charge in [0.15, 0.2) is 10.8 Å². The van der Waals surface area contributed by atoms with Crippen LogP contribution >= 0.6 is 11.3 Å². The number of Topliss-reactive ketones (excluding diaryl/α,β-unsaturated/α-hetero) is 1. The molecule has 1 aliphatic carbocycles. The number of carbonyl (C=O) groups excluding carboxylic acids is 1. The van der Waals surface area contributed by atoms with Crippen LogP contribution in [-0.2, 0) is 6.18 Å². The topological polar surface area (TPSA) is 30.0 Å². The van der Waals surface area contributed by atoms with Crippen molar-refractivity contribution in [2.45, 2.75) is 19.5 Å². The summed E-state index contributed by atoms with van der Waals surface area (Å²) in [5.74, 6) is 0.0102. The predicted octanol–water partition coefficient (Wildman–Crippen LogP) is 3.00. The van der Waals surface area contributed by atoms with Crippen LogP contribution in [-0.4, -0.2) is 10.8 Å². The zero-order valence-corrected chi connectivity index (χ0v) is 8.65. The lowest BCUT2D eigenvalue weighted by Gasteiger charge is -1.98. The molecule has 2 atom stereocenters. The van der Waals surface area contributed by atoms with E-state index in [0.717, 1.165) is 12.6 Å². The smallest absolute Gasteiger partial charge is 0.293 e. The molecule has 15 heavy (non-hydrogen) atoms. The maximum absolute atomic E-state index is 12.2. The quantitative estimate of drug-likeness (QED) is 0.737. The van der Waals surface area contributed by atoms with Gasteiger partial charge in [0.2, 0.25) is 0 Å². The molecular formula is C9H8F3NOS. The Labute approximate surface area is 88.1 Å². The van der Waals surface area contributed by atoms with Gasteiger partial charge in [-0.3, -0.25) is 4.79 Å². The van der Waals surface area contributed by atoms with Crippen LogP contribution in [0.3, 0.4) is 0 Å². The summed E-state index contributed by atoms with van der Waals surface area (Å²) in [7, 11) is 0. The van der Waals surface area contributed by atoms with Crippen LogP contribution in [0.15, 0.2) is 6.20 Å². The molecule has 1 fully saturated rings. The molecule has 2 nitrogen and oxygen atoms in total. The van der Waals surface area contributed by atoms with Crippen molar-refractivity contribution >= 4 is 17.1 Å². The molecule has 0 aromatic carbocycles. The van der Waals surface area contributed by atoms with Gasteiger partial charge in [-0.05, 0) is 12.3 Å². The molecule has 1 saturated carbocycles. The second-order valence-electron chi connectivity index (χ2n) is 3.71. The normalized spacial score (nSPS) is 25.3. The molecule has 1 aromatic heterocycles. The van der Waals surface area contributed by atoms with Crippen molar-refractivity contribution in [1.29, 1.82) is 0 Å². The summed E-state index contributed by atoms with van der Waals surface area (Å²) in [6.45, 7) is 1.91. The lowest BCUT2D eigenvalue weighted by molar-refractivity contribution is -0.137. The molecule has 0 N–H and O–H groups in total. The van der Waals surface area contributed by atoms with Gasteiger partial charge in [-0.15, -0.1) is 11.3 Å². The van der Waals surface area contributed by atoms with Crippen molar-refractivity contribution in [1.82, 2.24) is 4.98 Å². The summed E-state index contributed by atoms with van der Waals surface area (Å²) in [4.78, 5) is 14.9. The van der Waals surface area contributed by atoms with E-state index in [9.17, 15) is 18.0 Å². The number of rotatable bonds is 2. The molecule has 2 rings (SSSR count). The molecule has 1 aliphatic rings. The van der Waals surface area contributed by atoms with E-state index in [4.69, 9.17) is 0 Å². The molecule has 0 bridgehead atoms. The third-order valence-electron chi connectivity index (χ3n) is 2.44. The average Bonchev–Trinajstić information content (AvgIpc) is 2.68. The van der Waals surface area contributed by atoms with Crippen molar-refractivity contribution in [3.63, 3.8) is 0 Å². The number of halogens is 3. The molecule has 0 amide bonds. The van der Waals surface area contributed by atoms with Crippen molar-refractivity contribution in [2.24, 2.45) is 11.8 Å². The zero-order valence-electron chi connectivity index (χ0n) is 7.84. The van der Waals surface area contributed by atoms with E-state index in [1.807, 2.05) is 6.92 Å². The lowest BCUT2D eigenvalue weighted by atomic mass is 10.2. The fourth-order valence-corrected chi connectivity index (χ4v) is 2.18. The molecule has 1 heterocycles. The van der Waals surface area contributed by atoms with Crippen LogP contribution in [0.25, 0.3) is 0 Å². The summed E-state index contributed by atoms with van der Waals surface area (Å²) in [6.07, 6.45) is -2.64. The third kappa shape index (κ3) is 2.04.